The highest BCUT2D eigenvalue weighted by Gasteiger charge is 2.36. The highest BCUT2D eigenvalue weighted by atomic mass is 16.4. The highest BCUT2D eigenvalue weighted by Crippen LogP contribution is 2.10. The van der Waals surface area contributed by atoms with E-state index in [0.717, 1.165) is 0 Å². The Hall–Kier alpha value is -7.38. The first-order chi connectivity index (χ1) is 30.8. The molecule has 26 heteroatoms. The van der Waals surface area contributed by atoms with Gasteiger partial charge in [-0.15, -0.1) is 0 Å². The summed E-state index contributed by atoms with van der Waals surface area (Å²) in [6.45, 7) is 5.99. The summed E-state index contributed by atoms with van der Waals surface area (Å²) in [4.78, 5) is 141. The molecule has 1 aromatic rings. The molecule has 9 amide bonds. The van der Waals surface area contributed by atoms with Crippen LogP contribution in [0.5, 0.6) is 0 Å². The van der Waals surface area contributed by atoms with Crippen LogP contribution in [0.2, 0.25) is 0 Å². The molecule has 366 valence electrons. The molecule has 0 heterocycles. The summed E-state index contributed by atoms with van der Waals surface area (Å²) in [7, 11) is 0. The Morgan fingerprint density at radius 2 is 1.09 bits per heavy atom. The maximum Gasteiger partial charge on any atom is 0.326 e. The van der Waals surface area contributed by atoms with Crippen molar-refractivity contribution in [3.63, 3.8) is 0 Å². The lowest BCUT2D eigenvalue weighted by molar-refractivity contribution is -0.143. The third-order valence-corrected chi connectivity index (χ3v) is 9.35. The van der Waals surface area contributed by atoms with E-state index in [1.54, 1.807) is 30.3 Å². The Kier molecular flexibility index (Phi) is 24.4. The van der Waals surface area contributed by atoms with Gasteiger partial charge in [-0.2, -0.15) is 0 Å². The summed E-state index contributed by atoms with van der Waals surface area (Å²) in [5, 5.41) is 45.2. The van der Waals surface area contributed by atoms with Crippen molar-refractivity contribution >= 4 is 71.1 Å². The number of aliphatic carboxylic acids is 2. The van der Waals surface area contributed by atoms with Gasteiger partial charge < -0.3 is 75.7 Å². The van der Waals surface area contributed by atoms with Gasteiger partial charge in [-0.3, -0.25) is 53.4 Å². The summed E-state index contributed by atoms with van der Waals surface area (Å²) >= 11 is 0. The molecule has 0 spiro atoms. The monoisotopic (exact) mass is 933 g/mol. The molecule has 0 fully saturated rings. The SMILES string of the molecule is CC(C)C[C@H](N)C(=O)NCC(=O)N[C@@H](CC(N)=O)C(=O)N[C@@H](CC(N)=O)C(=O)N[C@H](C(=O)N[C@@H](CC(=O)O)C(=O)N[C@@H](Cc1ccccc1)C(=O)N[C@@H](CCCNC(=N)N)C(=O)O)C(C)C. The van der Waals surface area contributed by atoms with Gasteiger partial charge in [-0.1, -0.05) is 58.0 Å². The van der Waals surface area contributed by atoms with Crippen LogP contribution in [0.15, 0.2) is 30.3 Å². The van der Waals surface area contributed by atoms with E-state index >= 15 is 0 Å². The minimum Gasteiger partial charge on any atom is -0.481 e. The van der Waals surface area contributed by atoms with Gasteiger partial charge in [0.2, 0.25) is 53.2 Å². The molecule has 26 nitrogen and oxygen atoms in total. The van der Waals surface area contributed by atoms with Crippen molar-refractivity contribution in [2.24, 2.45) is 34.8 Å². The highest BCUT2D eigenvalue weighted by molar-refractivity contribution is 6.00. The molecule has 0 saturated heterocycles. The molecule has 0 aromatic heterocycles. The zero-order valence-corrected chi connectivity index (χ0v) is 37.1. The smallest absolute Gasteiger partial charge is 0.326 e. The first kappa shape index (κ1) is 56.6. The van der Waals surface area contributed by atoms with E-state index in [-0.39, 0.29) is 37.7 Å². The van der Waals surface area contributed by atoms with Crippen LogP contribution in [-0.2, 0) is 59.2 Å². The Morgan fingerprint density at radius 1 is 0.606 bits per heavy atom. The molecule has 0 saturated carbocycles. The molecule has 7 atom stereocenters. The number of nitrogens with two attached hydrogens (primary N) is 4. The van der Waals surface area contributed by atoms with Gasteiger partial charge in [-0.05, 0) is 36.7 Å². The van der Waals surface area contributed by atoms with E-state index in [1.807, 2.05) is 13.8 Å². The lowest BCUT2D eigenvalue weighted by atomic mass is 10.0. The quantitative estimate of drug-likeness (QED) is 0.0195. The predicted molar refractivity (Wildman–Crippen MR) is 234 cm³/mol. The van der Waals surface area contributed by atoms with Crippen LogP contribution in [-0.4, -0.2) is 137 Å². The first-order valence-corrected chi connectivity index (χ1v) is 20.8. The fraction of sp³-hybridized carbons (Fsp3) is 0.550. The number of amides is 9. The van der Waals surface area contributed by atoms with Gasteiger partial charge in [-0.25, -0.2) is 4.79 Å². The fourth-order valence-corrected chi connectivity index (χ4v) is 6.08. The number of carboxylic acid groups (broad SMARTS) is 2. The van der Waals surface area contributed by atoms with Crippen LogP contribution in [0, 0.1) is 17.2 Å². The van der Waals surface area contributed by atoms with Crippen LogP contribution in [0.25, 0.3) is 0 Å². The van der Waals surface area contributed by atoms with Crippen LogP contribution in [0.1, 0.15) is 71.8 Å². The van der Waals surface area contributed by atoms with Crippen molar-refractivity contribution in [3.05, 3.63) is 35.9 Å². The van der Waals surface area contributed by atoms with Crippen LogP contribution < -0.4 is 65.5 Å². The van der Waals surface area contributed by atoms with Crippen molar-refractivity contribution in [3.8, 4) is 0 Å². The molecule has 0 bridgehead atoms. The van der Waals surface area contributed by atoms with Crippen LogP contribution in [0.3, 0.4) is 0 Å². The van der Waals surface area contributed by atoms with E-state index in [9.17, 15) is 63.0 Å². The molecule has 66 heavy (non-hydrogen) atoms. The zero-order valence-electron chi connectivity index (χ0n) is 37.1. The Balaban J connectivity index is 3.31. The molecule has 0 aliphatic carbocycles. The molecular formula is C40H63N13O13. The maximum atomic E-state index is 13.8. The minimum atomic E-state index is -1.90. The number of guanidine groups is 1. The van der Waals surface area contributed by atoms with E-state index in [1.165, 1.54) is 13.8 Å². The van der Waals surface area contributed by atoms with Gasteiger partial charge in [0.15, 0.2) is 5.96 Å². The lowest BCUT2D eigenvalue weighted by Gasteiger charge is -2.28. The molecule has 0 radical (unpaired) electrons. The number of hydrogen-bond acceptors (Lipinski definition) is 13. The van der Waals surface area contributed by atoms with E-state index in [0.29, 0.717) is 12.0 Å². The maximum absolute atomic E-state index is 13.8. The average molecular weight is 934 g/mol. The largest absolute Gasteiger partial charge is 0.481 e. The summed E-state index contributed by atoms with van der Waals surface area (Å²) in [6, 6.07) is -2.84. The standard InChI is InChI=1S/C40H63N13O13/c1-19(2)13-22(41)33(59)47-18-30(56)48-25(15-28(42)54)35(61)51-26(16-29(43)55)37(63)53-32(20(3)4)38(64)52-27(17-31(57)58)36(62)50-24(14-21-9-6-5-7-10-21)34(60)49-23(39(65)66)11-8-12-46-40(44)45/h5-7,9-10,19-20,22-27,32H,8,11-18,41H2,1-4H3,(H2,42,54)(H2,43,55)(H,47,59)(H,48,56)(H,49,60)(H,50,62)(H,51,61)(H,52,64)(H,53,63)(H,57,58)(H,65,66)(H4,44,45,46)/t22-,23-,24-,25-,26-,27-,32-/m0/s1. The summed E-state index contributed by atoms with van der Waals surface area (Å²) in [6.07, 6.45) is -2.58. The Bertz CT molecular complexity index is 1920. The molecular weight excluding hydrogens is 871 g/mol. The van der Waals surface area contributed by atoms with Crippen molar-refractivity contribution in [2.75, 3.05) is 13.1 Å². The lowest BCUT2D eigenvalue weighted by Crippen LogP contribution is -2.61. The second-order valence-electron chi connectivity index (χ2n) is 16.0. The molecule has 19 N–H and O–H groups in total. The number of rotatable bonds is 30. The Morgan fingerprint density at radius 3 is 1.59 bits per heavy atom. The van der Waals surface area contributed by atoms with Gasteiger partial charge in [0.25, 0.3) is 0 Å². The number of hydrogen-bond donors (Lipinski definition) is 15. The fourth-order valence-electron chi connectivity index (χ4n) is 6.08. The zero-order chi connectivity index (χ0) is 50.3. The van der Waals surface area contributed by atoms with E-state index < -0.39 is 139 Å². The number of carbonyl (C=O) groups is 11. The van der Waals surface area contributed by atoms with Gasteiger partial charge in [0, 0.05) is 13.0 Å². The van der Waals surface area contributed by atoms with E-state index in [4.69, 9.17) is 28.3 Å². The third kappa shape index (κ3) is 22.3. The second-order valence-corrected chi connectivity index (χ2v) is 16.0. The summed E-state index contributed by atoms with van der Waals surface area (Å²) in [5.41, 5.74) is 22.2. The number of nitrogens with one attached hydrogen (secondary N) is 9. The van der Waals surface area contributed by atoms with Gasteiger partial charge in [0.1, 0.15) is 36.3 Å². The van der Waals surface area contributed by atoms with Crippen molar-refractivity contribution in [1.29, 1.82) is 5.41 Å². The topological polar surface area (TPSA) is 452 Å². The van der Waals surface area contributed by atoms with Crippen LogP contribution >= 0.6 is 0 Å². The Labute approximate surface area is 380 Å². The minimum absolute atomic E-state index is 0.0628. The molecule has 0 aliphatic rings. The summed E-state index contributed by atoms with van der Waals surface area (Å²) < 4.78 is 0. The van der Waals surface area contributed by atoms with Gasteiger partial charge in [0.05, 0.1) is 31.8 Å². The number of benzene rings is 1. The van der Waals surface area contributed by atoms with Crippen molar-refractivity contribution < 1.29 is 63.0 Å². The second kappa shape index (κ2) is 28.4. The molecule has 0 unspecified atom stereocenters. The molecule has 1 rings (SSSR count). The van der Waals surface area contributed by atoms with E-state index in [2.05, 4.69) is 42.5 Å². The molecule has 0 aliphatic heterocycles. The number of carboxylic acids is 2. The van der Waals surface area contributed by atoms with Crippen molar-refractivity contribution in [1.82, 2.24) is 42.5 Å². The number of carbonyl (C=O) groups excluding carboxylic acids is 9. The normalized spacial score (nSPS) is 14.0. The number of primary amides is 2. The van der Waals surface area contributed by atoms with Crippen molar-refractivity contribution in [2.45, 2.75) is 115 Å². The molecule has 1 aromatic carbocycles. The first-order valence-electron chi connectivity index (χ1n) is 20.8. The average Bonchev–Trinajstić information content (AvgIpc) is 3.20. The summed E-state index contributed by atoms with van der Waals surface area (Å²) in [5.74, 6) is -13.6. The van der Waals surface area contributed by atoms with Gasteiger partial charge >= 0.3 is 11.9 Å². The third-order valence-electron chi connectivity index (χ3n) is 9.35. The van der Waals surface area contributed by atoms with Crippen LogP contribution in [0.4, 0.5) is 0 Å². The predicted octanol–water partition coefficient (Wildman–Crippen LogP) is -5.14.